The Morgan fingerprint density at radius 2 is 1.90 bits per heavy atom. The van der Waals surface area contributed by atoms with Crippen molar-refractivity contribution < 1.29 is 22.0 Å². The van der Waals surface area contributed by atoms with Crippen LogP contribution in [0.5, 0.6) is 0 Å². The highest BCUT2D eigenvalue weighted by atomic mass is 32.2. The third kappa shape index (κ3) is 4.35. The summed E-state index contributed by atoms with van der Waals surface area (Å²) in [4.78, 5) is 18.0. The summed E-state index contributed by atoms with van der Waals surface area (Å²) in [5.41, 5.74) is 1.03. The fourth-order valence-corrected chi connectivity index (χ4v) is 7.51. The lowest BCUT2D eigenvalue weighted by Crippen LogP contribution is -2.38. The smallest absolute Gasteiger partial charge is 0.248 e. The molecule has 2 fully saturated rings. The lowest BCUT2D eigenvalue weighted by Gasteiger charge is -2.24. The van der Waals surface area contributed by atoms with Crippen LogP contribution in [0, 0.1) is 11.6 Å². The minimum Gasteiger partial charge on any atom is -0.313 e. The van der Waals surface area contributed by atoms with Gasteiger partial charge in [-0.3, -0.25) is 4.79 Å². The summed E-state index contributed by atoms with van der Waals surface area (Å²) in [6.07, 6.45) is 0.703. The summed E-state index contributed by atoms with van der Waals surface area (Å²) < 4.78 is 51.9. The molecular formula is C20H18F2N2O3S2. The normalized spacial score (nSPS) is 24.1. The van der Waals surface area contributed by atoms with E-state index in [0.717, 1.165) is 29.5 Å². The molecule has 5 nitrogen and oxygen atoms in total. The molecular weight excluding hydrogens is 418 g/mol. The summed E-state index contributed by atoms with van der Waals surface area (Å²) in [5, 5.41) is -0.0800. The summed E-state index contributed by atoms with van der Waals surface area (Å²) >= 11 is 1.16. The van der Waals surface area contributed by atoms with E-state index in [1.54, 1.807) is 0 Å². The van der Waals surface area contributed by atoms with E-state index >= 15 is 0 Å². The Labute approximate surface area is 171 Å². The summed E-state index contributed by atoms with van der Waals surface area (Å²) in [7, 11) is -3.26. The van der Waals surface area contributed by atoms with Gasteiger partial charge in [-0.15, -0.1) is 0 Å². The van der Waals surface area contributed by atoms with Gasteiger partial charge in [0.2, 0.25) is 5.91 Å². The van der Waals surface area contributed by atoms with E-state index < -0.39 is 27.5 Å². The Kier molecular flexibility index (Phi) is 5.44. The van der Waals surface area contributed by atoms with Crippen LogP contribution in [0.2, 0.25) is 0 Å². The molecule has 2 atom stereocenters. The van der Waals surface area contributed by atoms with Crippen molar-refractivity contribution in [3.8, 4) is 0 Å². The molecule has 0 unspecified atom stereocenters. The van der Waals surface area contributed by atoms with E-state index in [9.17, 15) is 22.0 Å². The predicted molar refractivity (Wildman–Crippen MR) is 110 cm³/mol. The predicted octanol–water partition coefficient (Wildman–Crippen LogP) is 3.20. The van der Waals surface area contributed by atoms with Gasteiger partial charge >= 0.3 is 0 Å². The second-order valence-electron chi connectivity index (χ2n) is 7.04. The molecule has 9 heteroatoms. The van der Waals surface area contributed by atoms with Crippen LogP contribution in [-0.4, -0.2) is 42.3 Å². The number of halogens is 2. The van der Waals surface area contributed by atoms with Crippen LogP contribution in [0.15, 0.2) is 53.5 Å². The lowest BCUT2D eigenvalue weighted by atomic mass is 10.1. The van der Waals surface area contributed by atoms with Gasteiger partial charge in [0.15, 0.2) is 15.0 Å². The Morgan fingerprint density at radius 1 is 1.14 bits per heavy atom. The number of amidine groups is 1. The molecule has 0 aliphatic carbocycles. The number of thioether (sulfide) groups is 1. The van der Waals surface area contributed by atoms with Crippen molar-refractivity contribution in [2.24, 2.45) is 4.99 Å². The molecule has 0 N–H and O–H groups in total. The van der Waals surface area contributed by atoms with Crippen LogP contribution < -0.4 is 4.90 Å². The Bertz CT molecular complexity index is 1070. The number of fused-ring (bicyclic) bond motifs is 1. The molecule has 0 aromatic heterocycles. The Balaban J connectivity index is 1.60. The first-order chi connectivity index (χ1) is 13.8. The molecule has 152 valence electrons. The van der Waals surface area contributed by atoms with E-state index in [2.05, 4.69) is 4.99 Å². The third-order valence-corrected chi connectivity index (χ3v) is 8.14. The number of anilines is 1. The summed E-state index contributed by atoms with van der Waals surface area (Å²) in [5.74, 6) is -2.13. The number of carbonyl (C=O) groups is 1. The van der Waals surface area contributed by atoms with Gasteiger partial charge in [-0.05, 0) is 24.1 Å². The number of amides is 1. The largest absolute Gasteiger partial charge is 0.313 e. The highest BCUT2D eigenvalue weighted by Crippen LogP contribution is 2.41. The number of benzene rings is 2. The number of nitrogens with zero attached hydrogens (tertiary/aromatic N) is 2. The lowest BCUT2D eigenvalue weighted by molar-refractivity contribution is -0.117. The van der Waals surface area contributed by atoms with Gasteiger partial charge in [0.05, 0.1) is 23.2 Å². The number of rotatable bonds is 4. The molecule has 0 radical (unpaired) electrons. The summed E-state index contributed by atoms with van der Waals surface area (Å²) in [6, 6.07) is 12.1. The monoisotopic (exact) mass is 436 g/mol. The van der Waals surface area contributed by atoms with Gasteiger partial charge < -0.3 is 4.90 Å². The highest BCUT2D eigenvalue weighted by molar-refractivity contribution is 8.16. The van der Waals surface area contributed by atoms with Crippen LogP contribution in [0.25, 0.3) is 0 Å². The zero-order valence-corrected chi connectivity index (χ0v) is 16.9. The molecule has 4 rings (SSSR count). The number of sulfone groups is 1. The van der Waals surface area contributed by atoms with Crippen molar-refractivity contribution in [1.82, 2.24) is 0 Å². The molecule has 2 aliphatic rings. The fourth-order valence-electron chi connectivity index (χ4n) is 3.58. The van der Waals surface area contributed by atoms with Crippen molar-refractivity contribution >= 4 is 38.4 Å². The van der Waals surface area contributed by atoms with Crippen LogP contribution in [-0.2, 0) is 21.1 Å². The number of aryl methyl sites for hydroxylation is 1. The van der Waals surface area contributed by atoms with Gasteiger partial charge in [0, 0.05) is 17.7 Å². The zero-order valence-electron chi connectivity index (χ0n) is 15.3. The van der Waals surface area contributed by atoms with Crippen LogP contribution >= 0.6 is 11.8 Å². The van der Waals surface area contributed by atoms with Crippen molar-refractivity contribution in [2.45, 2.75) is 24.1 Å². The van der Waals surface area contributed by atoms with E-state index in [4.69, 9.17) is 0 Å². The molecule has 29 heavy (non-hydrogen) atoms. The molecule has 2 aliphatic heterocycles. The first kappa shape index (κ1) is 20.0. The van der Waals surface area contributed by atoms with Crippen molar-refractivity contribution in [3.63, 3.8) is 0 Å². The zero-order chi connectivity index (χ0) is 20.6. The van der Waals surface area contributed by atoms with E-state index in [-0.39, 0.29) is 39.9 Å². The highest BCUT2D eigenvalue weighted by Gasteiger charge is 2.50. The molecule has 2 aromatic rings. The summed E-state index contributed by atoms with van der Waals surface area (Å²) in [6.45, 7) is 0. The fraction of sp³-hybridized carbons (Fsp3) is 0.300. The maximum Gasteiger partial charge on any atom is 0.248 e. The van der Waals surface area contributed by atoms with Crippen LogP contribution in [0.1, 0.15) is 12.0 Å². The number of hydrogen-bond acceptors (Lipinski definition) is 4. The van der Waals surface area contributed by atoms with Gasteiger partial charge in [-0.2, -0.15) is 4.99 Å². The maximum atomic E-state index is 14.5. The standard InChI is InChI=1S/C20H18F2N2O3S2/c21-14-7-8-16(15(22)10-14)24-17-11-29(26,27)12-18(17)28-20(24)23-19(25)9-6-13-4-2-1-3-5-13/h1-5,7-8,10,17-18H,6,9,11-12H2/t17-,18-/m0/s1. The van der Waals surface area contributed by atoms with Gasteiger partial charge in [0.1, 0.15) is 11.6 Å². The number of aliphatic imine (C=N–C) groups is 1. The maximum absolute atomic E-state index is 14.5. The molecule has 2 heterocycles. The third-order valence-electron chi connectivity index (χ3n) is 4.93. The van der Waals surface area contributed by atoms with E-state index in [1.807, 2.05) is 30.3 Å². The molecule has 2 aromatic carbocycles. The molecule has 0 spiro atoms. The number of carbonyl (C=O) groups excluding carboxylic acids is 1. The van der Waals surface area contributed by atoms with Crippen molar-refractivity contribution in [1.29, 1.82) is 0 Å². The van der Waals surface area contributed by atoms with E-state index in [1.165, 1.54) is 11.0 Å². The average molecular weight is 437 g/mol. The van der Waals surface area contributed by atoms with E-state index in [0.29, 0.717) is 6.42 Å². The Morgan fingerprint density at radius 3 is 2.62 bits per heavy atom. The van der Waals surface area contributed by atoms with Crippen molar-refractivity contribution in [2.75, 3.05) is 16.4 Å². The first-order valence-electron chi connectivity index (χ1n) is 9.09. The Hall–Kier alpha value is -2.26. The molecule has 0 saturated carbocycles. The second kappa shape index (κ2) is 7.87. The topological polar surface area (TPSA) is 66.8 Å². The first-order valence-corrected chi connectivity index (χ1v) is 11.8. The van der Waals surface area contributed by atoms with Gasteiger partial charge in [0.25, 0.3) is 0 Å². The number of hydrogen-bond donors (Lipinski definition) is 0. The minimum absolute atomic E-state index is 0.0260. The second-order valence-corrected chi connectivity index (χ2v) is 10.4. The van der Waals surface area contributed by atoms with Crippen LogP contribution in [0.4, 0.5) is 14.5 Å². The molecule has 2 saturated heterocycles. The SMILES string of the molecule is O=C(CCc1ccccc1)N=C1S[C@H]2CS(=O)(=O)C[C@@H]2N1c1ccc(F)cc1F. The van der Waals surface area contributed by atoms with Gasteiger partial charge in [-0.1, -0.05) is 42.1 Å². The average Bonchev–Trinajstić information content (AvgIpc) is 3.12. The van der Waals surface area contributed by atoms with Crippen LogP contribution in [0.3, 0.4) is 0 Å². The minimum atomic E-state index is -3.26. The van der Waals surface area contributed by atoms with Crippen molar-refractivity contribution in [3.05, 3.63) is 65.7 Å². The molecule has 0 bridgehead atoms. The molecule has 1 amide bonds. The van der Waals surface area contributed by atoms with Gasteiger partial charge in [-0.25, -0.2) is 17.2 Å². The quantitative estimate of drug-likeness (QED) is 0.737.